The van der Waals surface area contributed by atoms with Gasteiger partial charge >= 0.3 is 6.18 Å². The van der Waals surface area contributed by atoms with Gasteiger partial charge in [-0.05, 0) is 30.3 Å². The number of rotatable bonds is 2. The number of furan rings is 1. The third-order valence-corrected chi connectivity index (χ3v) is 3.13. The molecule has 0 spiro atoms. The standard InChI is InChI=1S/C14H10F3N3O2/c15-14(16,17)13-19-11-4-3-8(18)6-10(11)12(21)20(13)7-9-2-1-5-22-9/h1-6H,7,18H2. The highest BCUT2D eigenvalue weighted by molar-refractivity contribution is 5.81. The number of fused-ring (bicyclic) bond motifs is 1. The lowest BCUT2D eigenvalue weighted by Crippen LogP contribution is -2.30. The molecule has 0 atom stereocenters. The molecule has 22 heavy (non-hydrogen) atoms. The summed E-state index contributed by atoms with van der Waals surface area (Å²) in [6.07, 6.45) is -3.44. The van der Waals surface area contributed by atoms with E-state index in [-0.39, 0.29) is 28.9 Å². The molecular weight excluding hydrogens is 299 g/mol. The van der Waals surface area contributed by atoms with Gasteiger partial charge in [0.2, 0.25) is 5.82 Å². The van der Waals surface area contributed by atoms with Gasteiger partial charge in [-0.3, -0.25) is 9.36 Å². The van der Waals surface area contributed by atoms with Crippen molar-refractivity contribution in [2.45, 2.75) is 12.7 Å². The summed E-state index contributed by atoms with van der Waals surface area (Å²) in [5, 5.41) is 0.0274. The second-order valence-electron chi connectivity index (χ2n) is 4.68. The predicted molar refractivity (Wildman–Crippen MR) is 73.2 cm³/mol. The molecule has 0 fully saturated rings. The van der Waals surface area contributed by atoms with E-state index in [1.807, 2.05) is 0 Å². The molecule has 2 N–H and O–H groups in total. The maximum atomic E-state index is 13.2. The zero-order chi connectivity index (χ0) is 15.9. The maximum absolute atomic E-state index is 13.2. The highest BCUT2D eigenvalue weighted by Crippen LogP contribution is 2.28. The van der Waals surface area contributed by atoms with Crippen LogP contribution in [0.1, 0.15) is 11.6 Å². The van der Waals surface area contributed by atoms with Crippen molar-refractivity contribution in [1.82, 2.24) is 9.55 Å². The molecule has 0 saturated heterocycles. The number of hydrogen-bond acceptors (Lipinski definition) is 4. The molecule has 1 aromatic carbocycles. The monoisotopic (exact) mass is 309 g/mol. The number of nitrogen functional groups attached to an aromatic ring is 1. The van der Waals surface area contributed by atoms with E-state index in [1.165, 1.54) is 36.6 Å². The summed E-state index contributed by atoms with van der Waals surface area (Å²) in [7, 11) is 0. The van der Waals surface area contributed by atoms with Gasteiger partial charge in [0.25, 0.3) is 5.56 Å². The zero-order valence-electron chi connectivity index (χ0n) is 11.1. The molecule has 0 aliphatic heterocycles. The van der Waals surface area contributed by atoms with Crippen LogP contribution >= 0.6 is 0 Å². The molecule has 0 radical (unpaired) electrons. The normalized spacial score (nSPS) is 12.0. The van der Waals surface area contributed by atoms with Gasteiger partial charge in [0.15, 0.2) is 0 Å². The zero-order valence-corrected chi connectivity index (χ0v) is 11.1. The molecule has 0 amide bonds. The van der Waals surface area contributed by atoms with Crippen molar-refractivity contribution in [2.24, 2.45) is 0 Å². The molecule has 3 aromatic rings. The average molecular weight is 309 g/mol. The van der Waals surface area contributed by atoms with Crippen LogP contribution in [-0.2, 0) is 12.7 Å². The third-order valence-electron chi connectivity index (χ3n) is 3.13. The predicted octanol–water partition coefficient (Wildman–Crippen LogP) is 2.64. The van der Waals surface area contributed by atoms with Gasteiger partial charge in [-0.25, -0.2) is 4.98 Å². The number of nitrogens with zero attached hydrogens (tertiary/aromatic N) is 2. The number of anilines is 1. The van der Waals surface area contributed by atoms with Gasteiger partial charge in [-0.1, -0.05) is 0 Å². The van der Waals surface area contributed by atoms with Crippen LogP contribution < -0.4 is 11.3 Å². The Balaban J connectivity index is 2.30. The van der Waals surface area contributed by atoms with E-state index in [1.54, 1.807) is 0 Å². The lowest BCUT2D eigenvalue weighted by Gasteiger charge is -2.14. The minimum absolute atomic E-state index is 0.0274. The summed E-state index contributed by atoms with van der Waals surface area (Å²) < 4.78 is 45.1. The van der Waals surface area contributed by atoms with Crippen molar-refractivity contribution in [3.05, 3.63) is 58.5 Å². The first-order valence-corrected chi connectivity index (χ1v) is 6.26. The fraction of sp³-hybridized carbons (Fsp3) is 0.143. The van der Waals surface area contributed by atoms with Gasteiger partial charge in [0.05, 0.1) is 23.7 Å². The van der Waals surface area contributed by atoms with E-state index in [4.69, 9.17) is 10.2 Å². The Bertz CT molecular complexity index is 883. The molecule has 2 heterocycles. The molecule has 2 aromatic heterocycles. The molecular formula is C14H10F3N3O2. The maximum Gasteiger partial charge on any atom is 0.449 e. The van der Waals surface area contributed by atoms with Gasteiger partial charge in [0.1, 0.15) is 5.76 Å². The van der Waals surface area contributed by atoms with Gasteiger partial charge in [-0.15, -0.1) is 0 Å². The Morgan fingerprint density at radius 2 is 2.05 bits per heavy atom. The van der Waals surface area contributed by atoms with Gasteiger partial charge < -0.3 is 10.2 Å². The van der Waals surface area contributed by atoms with Crippen LogP contribution in [0.4, 0.5) is 18.9 Å². The Morgan fingerprint density at radius 3 is 2.68 bits per heavy atom. The van der Waals surface area contributed by atoms with Crippen molar-refractivity contribution in [3.8, 4) is 0 Å². The second-order valence-corrected chi connectivity index (χ2v) is 4.68. The van der Waals surface area contributed by atoms with Crippen LogP contribution in [0.3, 0.4) is 0 Å². The van der Waals surface area contributed by atoms with E-state index in [9.17, 15) is 18.0 Å². The second kappa shape index (κ2) is 4.90. The largest absolute Gasteiger partial charge is 0.467 e. The number of aromatic nitrogens is 2. The van der Waals surface area contributed by atoms with E-state index < -0.39 is 17.6 Å². The van der Waals surface area contributed by atoms with Crippen molar-refractivity contribution in [3.63, 3.8) is 0 Å². The third kappa shape index (κ3) is 2.43. The number of halogens is 3. The first-order chi connectivity index (χ1) is 10.4. The lowest BCUT2D eigenvalue weighted by atomic mass is 10.2. The van der Waals surface area contributed by atoms with Crippen molar-refractivity contribution < 1.29 is 17.6 Å². The summed E-state index contributed by atoms with van der Waals surface area (Å²) in [5.41, 5.74) is 4.99. The summed E-state index contributed by atoms with van der Waals surface area (Å²) in [5.74, 6) is -1.05. The van der Waals surface area contributed by atoms with Crippen LogP contribution in [0.25, 0.3) is 10.9 Å². The number of hydrogen-bond donors (Lipinski definition) is 1. The number of nitrogens with two attached hydrogens (primary N) is 1. The van der Waals surface area contributed by atoms with Gasteiger partial charge in [0, 0.05) is 5.69 Å². The van der Waals surface area contributed by atoms with Crippen molar-refractivity contribution in [2.75, 3.05) is 5.73 Å². The molecule has 0 aliphatic rings. The minimum atomic E-state index is -4.76. The van der Waals surface area contributed by atoms with Crippen LogP contribution in [0, 0.1) is 0 Å². The fourth-order valence-electron chi connectivity index (χ4n) is 2.16. The van der Waals surface area contributed by atoms with Crippen LogP contribution in [-0.4, -0.2) is 9.55 Å². The molecule has 0 aliphatic carbocycles. The van der Waals surface area contributed by atoms with Crippen LogP contribution in [0.15, 0.2) is 45.8 Å². The summed E-state index contributed by atoms with van der Waals surface area (Å²) >= 11 is 0. The average Bonchev–Trinajstić information content (AvgIpc) is 2.94. The molecule has 5 nitrogen and oxygen atoms in total. The molecule has 114 valence electrons. The number of benzene rings is 1. The van der Waals surface area contributed by atoms with Crippen molar-refractivity contribution in [1.29, 1.82) is 0 Å². The quantitative estimate of drug-likeness (QED) is 0.739. The minimum Gasteiger partial charge on any atom is -0.467 e. The fourth-order valence-corrected chi connectivity index (χ4v) is 2.16. The van der Waals surface area contributed by atoms with E-state index in [2.05, 4.69) is 4.98 Å². The van der Waals surface area contributed by atoms with Crippen LogP contribution in [0.2, 0.25) is 0 Å². The molecule has 0 bridgehead atoms. The molecule has 0 saturated carbocycles. The lowest BCUT2D eigenvalue weighted by molar-refractivity contribution is -0.147. The summed E-state index contributed by atoms with van der Waals surface area (Å²) in [4.78, 5) is 16.0. The number of alkyl halides is 3. The summed E-state index contributed by atoms with van der Waals surface area (Å²) in [6.45, 7) is -0.363. The Kier molecular flexibility index (Phi) is 3.16. The van der Waals surface area contributed by atoms with E-state index in [0.717, 1.165) is 0 Å². The first-order valence-electron chi connectivity index (χ1n) is 6.26. The smallest absolute Gasteiger partial charge is 0.449 e. The van der Waals surface area contributed by atoms with Crippen molar-refractivity contribution >= 4 is 16.6 Å². The Hall–Kier alpha value is -2.77. The molecule has 3 rings (SSSR count). The SMILES string of the molecule is Nc1ccc2nc(C(F)(F)F)n(Cc3ccco3)c(=O)c2c1. The highest BCUT2D eigenvalue weighted by Gasteiger charge is 2.37. The van der Waals surface area contributed by atoms with Gasteiger partial charge in [-0.2, -0.15) is 13.2 Å². The van der Waals surface area contributed by atoms with Crippen LogP contribution in [0.5, 0.6) is 0 Å². The topological polar surface area (TPSA) is 74.0 Å². The first kappa shape index (κ1) is 14.2. The highest BCUT2D eigenvalue weighted by atomic mass is 19.4. The van der Waals surface area contributed by atoms with E-state index in [0.29, 0.717) is 4.57 Å². The van der Waals surface area contributed by atoms with E-state index >= 15 is 0 Å². The molecule has 8 heteroatoms. The molecule has 0 unspecified atom stereocenters. The summed E-state index contributed by atoms with van der Waals surface area (Å²) in [6, 6.07) is 7.00. The Labute approximate surface area is 121 Å². The Morgan fingerprint density at radius 1 is 1.27 bits per heavy atom.